The normalized spacial score (nSPS) is 45.8. The molecule has 0 radical (unpaired) electrons. The first kappa shape index (κ1) is 19.2. The molecule has 7 atom stereocenters. The van der Waals surface area contributed by atoms with Gasteiger partial charge in [-0.25, -0.2) is 0 Å². The predicted octanol–water partition coefficient (Wildman–Crippen LogP) is 3.65. The van der Waals surface area contributed by atoms with Crippen LogP contribution in [0.1, 0.15) is 59.3 Å². The fourth-order valence-corrected chi connectivity index (χ4v) is 6.53. The van der Waals surface area contributed by atoms with Crippen LogP contribution >= 0.6 is 0 Å². The minimum atomic E-state index is -0.703. The fraction of sp³-hybridized carbons (Fsp3) is 0.739. The van der Waals surface area contributed by atoms with Gasteiger partial charge in [0.15, 0.2) is 0 Å². The molecular formula is C23H30O6. The maximum atomic E-state index is 13.2. The van der Waals surface area contributed by atoms with Gasteiger partial charge in [-0.3, -0.25) is 9.59 Å². The van der Waals surface area contributed by atoms with E-state index in [9.17, 15) is 9.59 Å². The number of esters is 2. The van der Waals surface area contributed by atoms with Gasteiger partial charge in [-0.2, -0.15) is 0 Å². The monoisotopic (exact) mass is 402 g/mol. The van der Waals surface area contributed by atoms with Crippen LogP contribution in [0, 0.1) is 23.2 Å². The Morgan fingerprint density at radius 2 is 2.10 bits per heavy atom. The SMILES string of the molecule is CC(=O)O[C@H]1CC[C@@]2(C)C(=CC[C@H]3C(=O)O[C@@H]4CO[C@]5(C)OC=C(CC[C@@H]32)[C@H]45)C1. The average molecular weight is 402 g/mol. The van der Waals surface area contributed by atoms with Gasteiger partial charge in [0.1, 0.15) is 12.2 Å². The third-order valence-electron chi connectivity index (χ3n) is 8.05. The molecule has 0 N–H and O–H groups in total. The molecule has 3 aliphatic heterocycles. The number of carbonyl (C=O) groups excluding carboxylic acids is 2. The van der Waals surface area contributed by atoms with Crippen molar-refractivity contribution in [2.45, 2.75) is 77.3 Å². The van der Waals surface area contributed by atoms with Crippen molar-refractivity contribution < 1.29 is 28.5 Å². The second kappa shape index (κ2) is 6.59. The van der Waals surface area contributed by atoms with E-state index < -0.39 is 5.79 Å². The first-order valence-corrected chi connectivity index (χ1v) is 10.9. The van der Waals surface area contributed by atoms with Crippen molar-refractivity contribution in [2.24, 2.45) is 23.2 Å². The molecule has 3 fully saturated rings. The Morgan fingerprint density at radius 1 is 1.28 bits per heavy atom. The van der Waals surface area contributed by atoms with Crippen molar-refractivity contribution in [1.82, 2.24) is 0 Å². The Morgan fingerprint density at radius 3 is 2.90 bits per heavy atom. The van der Waals surface area contributed by atoms with E-state index in [-0.39, 0.29) is 47.3 Å². The molecule has 0 aromatic heterocycles. The summed E-state index contributed by atoms with van der Waals surface area (Å²) >= 11 is 0. The molecule has 0 spiro atoms. The zero-order valence-electron chi connectivity index (χ0n) is 17.4. The largest absolute Gasteiger partial charge is 0.469 e. The molecule has 0 bridgehead atoms. The van der Waals surface area contributed by atoms with Gasteiger partial charge in [-0.1, -0.05) is 18.6 Å². The fourth-order valence-electron chi connectivity index (χ4n) is 6.53. The minimum absolute atomic E-state index is 0.00783. The van der Waals surface area contributed by atoms with Crippen LogP contribution in [0.3, 0.4) is 0 Å². The molecule has 0 aromatic rings. The molecule has 5 aliphatic rings. The maximum absolute atomic E-state index is 13.2. The van der Waals surface area contributed by atoms with Crippen LogP contribution in [0.2, 0.25) is 0 Å². The molecule has 6 heteroatoms. The van der Waals surface area contributed by atoms with Crippen LogP contribution in [-0.4, -0.2) is 36.5 Å². The van der Waals surface area contributed by atoms with Gasteiger partial charge in [0.2, 0.25) is 5.79 Å². The number of fused-ring (bicyclic) bond motifs is 3. The molecular weight excluding hydrogens is 372 g/mol. The Kier molecular flexibility index (Phi) is 4.36. The van der Waals surface area contributed by atoms with Crippen LogP contribution in [0.4, 0.5) is 0 Å². The van der Waals surface area contributed by atoms with Crippen molar-refractivity contribution in [3.8, 4) is 0 Å². The van der Waals surface area contributed by atoms with Crippen LogP contribution in [0.15, 0.2) is 23.5 Å². The van der Waals surface area contributed by atoms with Crippen molar-refractivity contribution >= 4 is 11.9 Å². The third-order valence-corrected chi connectivity index (χ3v) is 8.05. The molecule has 0 amide bonds. The Bertz CT molecular complexity index is 799. The lowest BCUT2D eigenvalue weighted by Gasteiger charge is -2.50. The second-order valence-electron chi connectivity index (χ2n) is 9.70. The van der Waals surface area contributed by atoms with E-state index in [0.717, 1.165) is 32.1 Å². The van der Waals surface area contributed by atoms with E-state index in [4.69, 9.17) is 18.9 Å². The number of rotatable bonds is 1. The number of hydrogen-bond donors (Lipinski definition) is 0. The summed E-state index contributed by atoms with van der Waals surface area (Å²) in [5.74, 6) is -0.928. The van der Waals surface area contributed by atoms with Crippen molar-refractivity contribution in [1.29, 1.82) is 0 Å². The highest BCUT2D eigenvalue weighted by Crippen LogP contribution is 2.57. The van der Waals surface area contributed by atoms with Gasteiger partial charge in [0.25, 0.3) is 0 Å². The van der Waals surface area contributed by atoms with Gasteiger partial charge >= 0.3 is 11.9 Å². The lowest BCUT2D eigenvalue weighted by atomic mass is 9.55. The van der Waals surface area contributed by atoms with Crippen LogP contribution < -0.4 is 0 Å². The average Bonchev–Trinajstić information content (AvgIpc) is 3.16. The number of allylic oxidation sites excluding steroid dienone is 1. The zero-order valence-corrected chi connectivity index (χ0v) is 17.4. The number of carbonyl (C=O) groups is 2. The molecule has 3 heterocycles. The number of ether oxygens (including phenoxy) is 4. The summed E-state index contributed by atoms with van der Waals surface area (Å²) in [4.78, 5) is 24.6. The van der Waals surface area contributed by atoms with E-state index in [1.807, 2.05) is 13.2 Å². The molecule has 1 saturated carbocycles. The predicted molar refractivity (Wildman–Crippen MR) is 103 cm³/mol. The summed E-state index contributed by atoms with van der Waals surface area (Å²) in [6.07, 6.45) is 8.81. The van der Waals surface area contributed by atoms with Crippen LogP contribution in [-0.2, 0) is 28.5 Å². The Hall–Kier alpha value is -1.82. The molecule has 2 aliphatic carbocycles. The summed E-state index contributed by atoms with van der Waals surface area (Å²) in [6, 6.07) is 0. The maximum Gasteiger partial charge on any atom is 0.309 e. The first-order valence-electron chi connectivity index (χ1n) is 10.9. The van der Waals surface area contributed by atoms with Gasteiger partial charge in [0, 0.05) is 20.3 Å². The van der Waals surface area contributed by atoms with E-state index in [1.165, 1.54) is 18.1 Å². The molecule has 29 heavy (non-hydrogen) atoms. The van der Waals surface area contributed by atoms with Crippen molar-refractivity contribution in [2.75, 3.05) is 6.61 Å². The van der Waals surface area contributed by atoms with Crippen molar-refractivity contribution in [3.63, 3.8) is 0 Å². The van der Waals surface area contributed by atoms with E-state index in [2.05, 4.69) is 13.0 Å². The van der Waals surface area contributed by atoms with Crippen molar-refractivity contribution in [3.05, 3.63) is 23.5 Å². The smallest absolute Gasteiger partial charge is 0.309 e. The summed E-state index contributed by atoms with van der Waals surface area (Å²) in [5, 5.41) is 0. The standard InChI is InChI=1S/C23H30O6/c1-13(24)28-16-8-9-22(2)15(10-16)5-6-17-18(22)7-4-14-11-26-23(3)20(14)19(12-27-23)29-21(17)25/h5,11,16-20H,4,6-10,12H2,1-3H3/t16-,17+,18-,19+,20+,22-,23-/m0/s1. The van der Waals surface area contributed by atoms with E-state index in [1.54, 1.807) is 0 Å². The lowest BCUT2D eigenvalue weighted by Crippen LogP contribution is -2.45. The molecule has 5 rings (SSSR count). The second-order valence-corrected chi connectivity index (χ2v) is 9.70. The molecule has 6 nitrogen and oxygen atoms in total. The summed E-state index contributed by atoms with van der Waals surface area (Å²) < 4.78 is 23.2. The summed E-state index contributed by atoms with van der Waals surface area (Å²) in [6.45, 7) is 6.10. The topological polar surface area (TPSA) is 71.1 Å². The minimum Gasteiger partial charge on any atom is -0.469 e. The Balaban J connectivity index is 1.43. The summed E-state index contributed by atoms with van der Waals surface area (Å²) in [7, 11) is 0. The van der Waals surface area contributed by atoms with E-state index in [0.29, 0.717) is 13.0 Å². The van der Waals surface area contributed by atoms with Gasteiger partial charge < -0.3 is 18.9 Å². The first-order chi connectivity index (χ1) is 13.8. The van der Waals surface area contributed by atoms with Gasteiger partial charge in [0.05, 0.1) is 24.7 Å². The molecule has 2 saturated heterocycles. The third kappa shape index (κ3) is 2.94. The highest BCUT2D eigenvalue weighted by atomic mass is 16.7. The zero-order chi connectivity index (χ0) is 20.4. The quantitative estimate of drug-likeness (QED) is 0.492. The van der Waals surface area contributed by atoms with Crippen LogP contribution in [0.25, 0.3) is 0 Å². The molecule has 158 valence electrons. The highest BCUT2D eigenvalue weighted by molar-refractivity contribution is 5.74. The van der Waals surface area contributed by atoms with Crippen LogP contribution in [0.5, 0.6) is 0 Å². The van der Waals surface area contributed by atoms with Gasteiger partial charge in [-0.15, -0.1) is 0 Å². The Labute approximate surface area is 171 Å². The van der Waals surface area contributed by atoms with E-state index >= 15 is 0 Å². The van der Waals surface area contributed by atoms with Gasteiger partial charge in [-0.05, 0) is 49.0 Å². The summed E-state index contributed by atoms with van der Waals surface area (Å²) in [5.41, 5.74) is 2.49. The molecule has 0 aromatic carbocycles. The highest BCUT2D eigenvalue weighted by Gasteiger charge is 2.57. The lowest BCUT2D eigenvalue weighted by molar-refractivity contribution is -0.165. The molecule has 0 unspecified atom stereocenters. The number of hydrogen-bond acceptors (Lipinski definition) is 6.